The summed E-state index contributed by atoms with van der Waals surface area (Å²) in [5, 5.41) is 0. The molecule has 0 bridgehead atoms. The van der Waals surface area contributed by atoms with Crippen LogP contribution >= 0.6 is 0 Å². The maximum absolute atomic E-state index is 13.0. The molecule has 1 atom stereocenters. The minimum atomic E-state index is -0.561. The van der Waals surface area contributed by atoms with Crippen LogP contribution in [0.25, 0.3) is 0 Å². The van der Waals surface area contributed by atoms with Gasteiger partial charge in [0.05, 0.1) is 11.0 Å². The molecule has 3 heteroatoms. The van der Waals surface area contributed by atoms with Gasteiger partial charge in [0.25, 0.3) is 0 Å². The summed E-state index contributed by atoms with van der Waals surface area (Å²) in [4.78, 5) is 13.0. The van der Waals surface area contributed by atoms with Gasteiger partial charge in [-0.2, -0.15) is 0 Å². The summed E-state index contributed by atoms with van der Waals surface area (Å²) < 4.78 is 12.1. The Morgan fingerprint density at radius 2 is 1.32 bits per heavy atom. The van der Waals surface area contributed by atoms with E-state index in [-0.39, 0.29) is 22.4 Å². The Labute approximate surface area is 157 Å². The van der Waals surface area contributed by atoms with Gasteiger partial charge in [0.15, 0.2) is 0 Å². The molecule has 0 heterocycles. The van der Waals surface area contributed by atoms with Crippen molar-refractivity contribution in [2.45, 2.75) is 114 Å². The zero-order valence-corrected chi connectivity index (χ0v) is 19.1. The molecule has 0 saturated carbocycles. The van der Waals surface area contributed by atoms with Crippen LogP contribution in [0.1, 0.15) is 102 Å². The predicted octanol–water partition coefficient (Wildman–Crippen LogP) is 6.39. The highest BCUT2D eigenvalue weighted by atomic mass is 16.6. The monoisotopic (exact) mass is 356 g/mol. The molecular formula is C22H44O3. The lowest BCUT2D eigenvalue weighted by molar-refractivity contribution is -0.187. The molecule has 0 aromatic carbocycles. The number of esters is 1. The Morgan fingerprint density at radius 3 is 1.68 bits per heavy atom. The van der Waals surface area contributed by atoms with E-state index in [1.807, 2.05) is 13.8 Å². The van der Waals surface area contributed by atoms with Crippen LogP contribution in [0.3, 0.4) is 0 Å². The van der Waals surface area contributed by atoms with E-state index in [2.05, 4.69) is 69.2 Å². The largest absolute Gasteiger partial charge is 0.458 e. The third kappa shape index (κ3) is 8.11. The highest BCUT2D eigenvalue weighted by Crippen LogP contribution is 2.43. The SMILES string of the molecule is CCC(C)(C)OCCC(C)(C)C(=O)OC(C)(CC(C)(C)C)C(C)(C)C. The van der Waals surface area contributed by atoms with E-state index in [1.165, 1.54) is 0 Å². The van der Waals surface area contributed by atoms with Crippen LogP contribution in [0.4, 0.5) is 0 Å². The van der Waals surface area contributed by atoms with Gasteiger partial charge in [-0.1, -0.05) is 48.5 Å². The second-order valence-electron chi connectivity index (χ2n) is 11.2. The number of hydrogen-bond acceptors (Lipinski definition) is 3. The topological polar surface area (TPSA) is 35.5 Å². The fraction of sp³-hybridized carbons (Fsp3) is 0.955. The molecule has 3 nitrogen and oxygen atoms in total. The zero-order valence-electron chi connectivity index (χ0n) is 19.1. The van der Waals surface area contributed by atoms with Crippen molar-refractivity contribution in [2.24, 2.45) is 16.2 Å². The van der Waals surface area contributed by atoms with Gasteiger partial charge in [-0.15, -0.1) is 0 Å². The minimum absolute atomic E-state index is 0.0840. The van der Waals surface area contributed by atoms with E-state index in [4.69, 9.17) is 9.47 Å². The fourth-order valence-corrected chi connectivity index (χ4v) is 2.60. The molecule has 0 aromatic heterocycles. The second-order valence-corrected chi connectivity index (χ2v) is 11.2. The average Bonchev–Trinajstić information content (AvgIpc) is 2.34. The van der Waals surface area contributed by atoms with Crippen molar-refractivity contribution in [3.05, 3.63) is 0 Å². The van der Waals surface area contributed by atoms with Crippen molar-refractivity contribution in [3.63, 3.8) is 0 Å². The van der Waals surface area contributed by atoms with Gasteiger partial charge >= 0.3 is 5.97 Å². The highest BCUT2D eigenvalue weighted by molar-refractivity contribution is 5.76. The smallest absolute Gasteiger partial charge is 0.312 e. The molecule has 0 aliphatic heterocycles. The molecule has 0 N–H and O–H groups in total. The van der Waals surface area contributed by atoms with Crippen LogP contribution in [0.15, 0.2) is 0 Å². The first-order valence-corrected chi connectivity index (χ1v) is 9.73. The van der Waals surface area contributed by atoms with Crippen molar-refractivity contribution in [3.8, 4) is 0 Å². The van der Waals surface area contributed by atoms with Gasteiger partial charge in [-0.3, -0.25) is 4.79 Å². The maximum Gasteiger partial charge on any atom is 0.312 e. The van der Waals surface area contributed by atoms with E-state index in [9.17, 15) is 4.79 Å². The summed E-state index contributed by atoms with van der Waals surface area (Å²) in [5.41, 5.74) is -1.27. The third-order valence-corrected chi connectivity index (χ3v) is 5.40. The summed E-state index contributed by atoms with van der Waals surface area (Å²) in [6.45, 7) is 25.8. The molecule has 0 aliphatic rings. The number of rotatable bonds is 8. The quantitative estimate of drug-likeness (QED) is 0.472. The molecule has 0 fully saturated rings. The van der Waals surface area contributed by atoms with Crippen molar-refractivity contribution < 1.29 is 14.3 Å². The minimum Gasteiger partial charge on any atom is -0.458 e. The van der Waals surface area contributed by atoms with Crippen LogP contribution in [-0.2, 0) is 14.3 Å². The number of hydrogen-bond donors (Lipinski definition) is 0. The number of carbonyl (C=O) groups is 1. The predicted molar refractivity (Wildman–Crippen MR) is 107 cm³/mol. The molecule has 0 spiro atoms. The standard InChI is InChI=1S/C22H44O3/c1-13-21(10,11)24-15-14-20(8,9)17(23)25-22(12,19(5,6)7)16-18(2,3)4/h13-16H2,1-12H3. The van der Waals surface area contributed by atoms with Gasteiger partial charge in [-0.05, 0) is 59.3 Å². The highest BCUT2D eigenvalue weighted by Gasteiger charge is 2.46. The molecule has 0 amide bonds. The van der Waals surface area contributed by atoms with Crippen molar-refractivity contribution in [1.29, 1.82) is 0 Å². The van der Waals surface area contributed by atoms with E-state index >= 15 is 0 Å². The van der Waals surface area contributed by atoms with Crippen LogP contribution in [0, 0.1) is 16.2 Å². The Morgan fingerprint density at radius 1 is 0.840 bits per heavy atom. The van der Waals surface area contributed by atoms with Gasteiger partial charge in [0.1, 0.15) is 5.60 Å². The Kier molecular flexibility index (Phi) is 7.80. The fourth-order valence-electron chi connectivity index (χ4n) is 2.60. The first kappa shape index (κ1) is 24.4. The molecule has 25 heavy (non-hydrogen) atoms. The molecular weight excluding hydrogens is 312 g/mol. The lowest BCUT2D eigenvalue weighted by atomic mass is 9.69. The van der Waals surface area contributed by atoms with E-state index in [1.54, 1.807) is 0 Å². The average molecular weight is 357 g/mol. The van der Waals surface area contributed by atoms with E-state index in [0.29, 0.717) is 13.0 Å². The van der Waals surface area contributed by atoms with Crippen molar-refractivity contribution >= 4 is 5.97 Å². The molecule has 150 valence electrons. The van der Waals surface area contributed by atoms with Gasteiger partial charge < -0.3 is 9.47 Å². The summed E-state index contributed by atoms with van der Waals surface area (Å²) in [6.07, 6.45) is 2.43. The third-order valence-electron chi connectivity index (χ3n) is 5.40. The molecule has 0 rings (SSSR count). The number of ether oxygens (including phenoxy) is 2. The van der Waals surface area contributed by atoms with Crippen LogP contribution in [0.2, 0.25) is 0 Å². The maximum atomic E-state index is 13.0. The molecule has 0 aliphatic carbocycles. The molecule has 0 radical (unpaired) electrons. The van der Waals surface area contributed by atoms with Crippen LogP contribution in [0.5, 0.6) is 0 Å². The second kappa shape index (κ2) is 7.98. The van der Waals surface area contributed by atoms with Crippen molar-refractivity contribution in [2.75, 3.05) is 6.61 Å². The molecule has 0 saturated heterocycles. The Bertz CT molecular complexity index is 435. The summed E-state index contributed by atoms with van der Waals surface area (Å²) in [7, 11) is 0. The summed E-state index contributed by atoms with van der Waals surface area (Å²) >= 11 is 0. The Balaban J connectivity index is 5.10. The first-order valence-electron chi connectivity index (χ1n) is 9.73. The lowest BCUT2D eigenvalue weighted by Gasteiger charge is -2.46. The summed E-state index contributed by atoms with van der Waals surface area (Å²) in [6, 6.07) is 0. The van der Waals surface area contributed by atoms with Crippen molar-refractivity contribution in [1.82, 2.24) is 0 Å². The zero-order chi connectivity index (χ0) is 20.3. The Hall–Kier alpha value is -0.570. The van der Waals surface area contributed by atoms with E-state index in [0.717, 1.165) is 12.8 Å². The van der Waals surface area contributed by atoms with Gasteiger partial charge in [0.2, 0.25) is 0 Å². The first-order chi connectivity index (χ1) is 10.9. The van der Waals surface area contributed by atoms with E-state index < -0.39 is 11.0 Å². The number of carbonyl (C=O) groups excluding carboxylic acids is 1. The molecule has 1 unspecified atom stereocenters. The van der Waals surface area contributed by atoms with Crippen LogP contribution < -0.4 is 0 Å². The lowest BCUT2D eigenvalue weighted by Crippen LogP contribution is -2.49. The summed E-state index contributed by atoms with van der Waals surface area (Å²) in [5.74, 6) is -0.132. The normalized spacial score (nSPS) is 16.5. The van der Waals surface area contributed by atoms with Crippen LogP contribution in [-0.4, -0.2) is 23.8 Å². The molecule has 0 aromatic rings. The van der Waals surface area contributed by atoms with Gasteiger partial charge in [-0.25, -0.2) is 0 Å². The van der Waals surface area contributed by atoms with Gasteiger partial charge in [0, 0.05) is 12.0 Å².